The molecular formula is C22H31NO4. The molecule has 27 heavy (non-hydrogen) atoms. The average Bonchev–Trinajstić information content (AvgIpc) is 2.64. The van der Waals surface area contributed by atoms with E-state index in [-0.39, 0.29) is 36.9 Å². The van der Waals surface area contributed by atoms with Crippen LogP contribution in [0.4, 0.5) is 0 Å². The van der Waals surface area contributed by atoms with Gasteiger partial charge in [0, 0.05) is 37.9 Å². The third kappa shape index (κ3) is 7.16. The van der Waals surface area contributed by atoms with Crippen LogP contribution in [0.3, 0.4) is 0 Å². The lowest BCUT2D eigenvalue weighted by Gasteiger charge is -2.32. The van der Waals surface area contributed by atoms with Crippen molar-refractivity contribution in [1.82, 2.24) is 4.90 Å². The van der Waals surface area contributed by atoms with Crippen molar-refractivity contribution in [2.75, 3.05) is 13.1 Å². The molecule has 1 amide bonds. The summed E-state index contributed by atoms with van der Waals surface area (Å²) in [7, 11) is 0. The van der Waals surface area contributed by atoms with Crippen LogP contribution in [0.15, 0.2) is 24.3 Å². The number of carboxylic acids is 1. The van der Waals surface area contributed by atoms with Gasteiger partial charge in [0.25, 0.3) is 0 Å². The number of Topliss-reactive ketones (excluding diaryl/α,β-unsaturated/α-hetero) is 1. The summed E-state index contributed by atoms with van der Waals surface area (Å²) >= 11 is 0. The molecule has 1 heterocycles. The Morgan fingerprint density at radius 1 is 1.11 bits per heavy atom. The van der Waals surface area contributed by atoms with Crippen molar-refractivity contribution in [3.8, 4) is 0 Å². The highest BCUT2D eigenvalue weighted by atomic mass is 16.4. The highest BCUT2D eigenvalue weighted by molar-refractivity contribution is 5.98. The van der Waals surface area contributed by atoms with Gasteiger partial charge in [-0.1, -0.05) is 38.1 Å². The number of nitrogens with zero attached hydrogens (tertiary/aromatic N) is 1. The normalized spacial score (nSPS) is 17.1. The van der Waals surface area contributed by atoms with Gasteiger partial charge in [-0.3, -0.25) is 14.4 Å². The van der Waals surface area contributed by atoms with E-state index in [1.54, 1.807) is 4.90 Å². The van der Waals surface area contributed by atoms with Gasteiger partial charge in [0.15, 0.2) is 5.78 Å². The number of likely N-dealkylation sites (tertiary alicyclic amines) is 1. The third-order valence-electron chi connectivity index (χ3n) is 5.12. The lowest BCUT2D eigenvalue weighted by atomic mass is 9.93. The number of hydrogen-bond donors (Lipinski definition) is 1. The minimum absolute atomic E-state index is 0.000182. The van der Waals surface area contributed by atoms with Gasteiger partial charge in [0.05, 0.1) is 0 Å². The maximum absolute atomic E-state index is 12.5. The third-order valence-corrected chi connectivity index (χ3v) is 5.12. The molecule has 1 unspecified atom stereocenters. The van der Waals surface area contributed by atoms with Crippen LogP contribution in [0.2, 0.25) is 0 Å². The first-order valence-corrected chi connectivity index (χ1v) is 9.97. The molecule has 1 aliphatic rings. The van der Waals surface area contributed by atoms with E-state index >= 15 is 0 Å². The van der Waals surface area contributed by atoms with Gasteiger partial charge in [-0.2, -0.15) is 0 Å². The number of ketones is 1. The topological polar surface area (TPSA) is 74.7 Å². The first kappa shape index (κ1) is 21.1. The van der Waals surface area contributed by atoms with E-state index in [1.807, 2.05) is 24.3 Å². The zero-order valence-electron chi connectivity index (χ0n) is 16.4. The van der Waals surface area contributed by atoms with Crippen molar-refractivity contribution in [1.29, 1.82) is 0 Å². The van der Waals surface area contributed by atoms with Gasteiger partial charge >= 0.3 is 5.97 Å². The first-order valence-electron chi connectivity index (χ1n) is 9.97. The van der Waals surface area contributed by atoms with Crippen molar-refractivity contribution in [2.24, 2.45) is 11.8 Å². The summed E-state index contributed by atoms with van der Waals surface area (Å²) in [6.07, 6.45) is 4.07. The monoisotopic (exact) mass is 373 g/mol. The smallest absolute Gasteiger partial charge is 0.303 e. The quantitative estimate of drug-likeness (QED) is 0.665. The summed E-state index contributed by atoms with van der Waals surface area (Å²) < 4.78 is 0. The molecule has 5 nitrogen and oxygen atoms in total. The molecule has 0 bridgehead atoms. The molecule has 0 aliphatic carbocycles. The van der Waals surface area contributed by atoms with Crippen LogP contribution < -0.4 is 0 Å². The van der Waals surface area contributed by atoms with Crippen LogP contribution in [-0.4, -0.2) is 40.8 Å². The molecule has 148 valence electrons. The Bertz CT molecular complexity index is 651. The lowest BCUT2D eigenvalue weighted by Crippen LogP contribution is -2.40. The Morgan fingerprint density at radius 3 is 2.44 bits per heavy atom. The molecule has 0 radical (unpaired) electrons. The second kappa shape index (κ2) is 10.2. The summed E-state index contributed by atoms with van der Waals surface area (Å²) in [5, 5.41) is 8.81. The largest absolute Gasteiger partial charge is 0.481 e. The Hall–Kier alpha value is -2.17. The number of aliphatic carboxylic acids is 1. The van der Waals surface area contributed by atoms with Crippen LogP contribution in [0.5, 0.6) is 0 Å². The number of benzene rings is 1. The van der Waals surface area contributed by atoms with Gasteiger partial charge in [0.2, 0.25) is 5.91 Å². The Labute approximate surface area is 161 Å². The van der Waals surface area contributed by atoms with Crippen LogP contribution in [0.1, 0.15) is 68.3 Å². The number of carboxylic acid groups (broad SMARTS) is 1. The SMILES string of the molecule is CC(C)Cc1ccc(C(=O)CCC(=O)N2CCCC(CCC(=O)O)C2)cc1. The molecule has 1 atom stereocenters. The van der Waals surface area contributed by atoms with E-state index in [4.69, 9.17) is 5.11 Å². The van der Waals surface area contributed by atoms with Gasteiger partial charge in [-0.05, 0) is 43.1 Å². The maximum atomic E-state index is 12.5. The second-order valence-electron chi connectivity index (χ2n) is 8.00. The number of piperidine rings is 1. The maximum Gasteiger partial charge on any atom is 0.303 e. The van der Waals surface area contributed by atoms with Crippen LogP contribution >= 0.6 is 0 Å². The van der Waals surface area contributed by atoms with Crippen molar-refractivity contribution in [2.45, 2.75) is 58.8 Å². The standard InChI is InChI=1S/C22H31NO4/c1-16(2)14-17-5-8-19(9-6-17)20(24)10-11-21(25)23-13-3-4-18(15-23)7-12-22(26)27/h5-6,8-9,16,18H,3-4,7,10-15H2,1-2H3,(H,26,27). The van der Waals surface area contributed by atoms with E-state index in [9.17, 15) is 14.4 Å². The van der Waals surface area contributed by atoms with Crippen LogP contribution in [0, 0.1) is 11.8 Å². The van der Waals surface area contributed by atoms with Gasteiger partial charge < -0.3 is 10.0 Å². The van der Waals surface area contributed by atoms with Gasteiger partial charge in [0.1, 0.15) is 0 Å². The summed E-state index contributed by atoms with van der Waals surface area (Å²) in [6.45, 7) is 5.65. The fourth-order valence-corrected chi connectivity index (χ4v) is 3.68. The Morgan fingerprint density at radius 2 is 1.81 bits per heavy atom. The first-order chi connectivity index (χ1) is 12.8. The summed E-state index contributed by atoms with van der Waals surface area (Å²) in [4.78, 5) is 37.3. The fraction of sp³-hybridized carbons (Fsp3) is 0.591. The molecule has 1 fully saturated rings. The lowest BCUT2D eigenvalue weighted by molar-refractivity contribution is -0.137. The van der Waals surface area contributed by atoms with Gasteiger partial charge in [-0.15, -0.1) is 0 Å². The summed E-state index contributed by atoms with van der Waals surface area (Å²) in [6, 6.07) is 7.69. The summed E-state index contributed by atoms with van der Waals surface area (Å²) in [5.74, 6) is 0.0400. The average molecular weight is 373 g/mol. The zero-order chi connectivity index (χ0) is 19.8. The molecular weight excluding hydrogens is 342 g/mol. The highest BCUT2D eigenvalue weighted by Gasteiger charge is 2.24. The predicted octanol–water partition coefficient (Wildman–Crippen LogP) is 3.95. The summed E-state index contributed by atoms with van der Waals surface area (Å²) in [5.41, 5.74) is 1.88. The Balaban J connectivity index is 1.80. The molecule has 5 heteroatoms. The van der Waals surface area contributed by atoms with Crippen molar-refractivity contribution < 1.29 is 19.5 Å². The minimum atomic E-state index is -0.788. The van der Waals surface area contributed by atoms with Crippen LogP contribution in [-0.2, 0) is 16.0 Å². The zero-order valence-corrected chi connectivity index (χ0v) is 16.4. The number of amides is 1. The number of carbonyl (C=O) groups excluding carboxylic acids is 2. The molecule has 1 saturated heterocycles. The van der Waals surface area contributed by atoms with Crippen molar-refractivity contribution >= 4 is 17.7 Å². The van der Waals surface area contributed by atoms with E-state index in [0.29, 0.717) is 31.0 Å². The molecule has 0 aromatic heterocycles. The molecule has 1 aromatic carbocycles. The van der Waals surface area contributed by atoms with Crippen molar-refractivity contribution in [3.05, 3.63) is 35.4 Å². The fourth-order valence-electron chi connectivity index (χ4n) is 3.68. The number of carbonyl (C=O) groups is 3. The molecule has 0 saturated carbocycles. The minimum Gasteiger partial charge on any atom is -0.481 e. The van der Waals surface area contributed by atoms with Gasteiger partial charge in [-0.25, -0.2) is 0 Å². The van der Waals surface area contributed by atoms with E-state index < -0.39 is 5.97 Å². The molecule has 1 aromatic rings. The molecule has 2 rings (SSSR count). The van der Waals surface area contributed by atoms with Crippen LogP contribution in [0.25, 0.3) is 0 Å². The number of rotatable bonds is 9. The predicted molar refractivity (Wildman–Crippen MR) is 105 cm³/mol. The molecule has 1 N–H and O–H groups in total. The highest BCUT2D eigenvalue weighted by Crippen LogP contribution is 2.22. The molecule has 1 aliphatic heterocycles. The van der Waals surface area contributed by atoms with E-state index in [1.165, 1.54) is 5.56 Å². The second-order valence-corrected chi connectivity index (χ2v) is 8.00. The number of hydrogen-bond acceptors (Lipinski definition) is 3. The Kier molecular flexibility index (Phi) is 8.01. The van der Waals surface area contributed by atoms with E-state index in [2.05, 4.69) is 13.8 Å². The van der Waals surface area contributed by atoms with Crippen molar-refractivity contribution in [3.63, 3.8) is 0 Å². The molecule has 0 spiro atoms. The van der Waals surface area contributed by atoms with E-state index in [0.717, 1.165) is 19.3 Å².